The minimum Gasteiger partial charge on any atom is -0.399 e. The van der Waals surface area contributed by atoms with Crippen molar-refractivity contribution in [1.29, 1.82) is 5.41 Å². The van der Waals surface area contributed by atoms with Crippen molar-refractivity contribution in [2.45, 2.75) is 38.9 Å². The molecule has 1 aliphatic rings. The van der Waals surface area contributed by atoms with Crippen LogP contribution in [-0.2, 0) is 9.31 Å². The summed E-state index contributed by atoms with van der Waals surface area (Å²) in [4.78, 5) is 0. The molecule has 0 atom stereocenters. The van der Waals surface area contributed by atoms with Gasteiger partial charge in [-0.2, -0.15) is 0 Å². The van der Waals surface area contributed by atoms with E-state index in [1.54, 1.807) is 0 Å². The Morgan fingerprint density at radius 2 is 1.62 bits per heavy atom. The summed E-state index contributed by atoms with van der Waals surface area (Å²) in [6.07, 6.45) is 1.35. The summed E-state index contributed by atoms with van der Waals surface area (Å²) in [5.41, 5.74) is 2.96. The molecule has 24 heavy (non-hydrogen) atoms. The van der Waals surface area contributed by atoms with E-state index in [9.17, 15) is 0 Å². The van der Waals surface area contributed by atoms with Crippen LogP contribution >= 0.6 is 0 Å². The van der Waals surface area contributed by atoms with E-state index in [0.29, 0.717) is 0 Å². The van der Waals surface area contributed by atoms with Gasteiger partial charge in [-0.15, -0.1) is 0 Å². The lowest BCUT2D eigenvalue weighted by Gasteiger charge is -2.32. The average molecular weight is 322 g/mol. The maximum Gasteiger partial charge on any atom is 0.494 e. The Hall–Kier alpha value is -2.11. The number of para-hydroxylation sites is 1. The first kappa shape index (κ1) is 16.7. The standard InChI is InChI=1S/C19H23BN2O2/c1-18(2)19(3,4)24-20(23-18)15-9-7-10-16(12-15)22-17-11-6-5-8-14(17)13-21/h5-13,21-22H,1-4H3. The Morgan fingerprint density at radius 3 is 2.29 bits per heavy atom. The van der Waals surface area contributed by atoms with Gasteiger partial charge in [-0.25, -0.2) is 0 Å². The first-order valence-corrected chi connectivity index (χ1v) is 8.14. The Bertz CT molecular complexity index is 743. The van der Waals surface area contributed by atoms with E-state index < -0.39 is 0 Å². The molecular formula is C19H23BN2O2. The number of nitrogens with one attached hydrogen (secondary N) is 2. The third-order valence-corrected chi connectivity index (χ3v) is 4.81. The Labute approximate surface area is 143 Å². The molecule has 2 N–H and O–H groups in total. The average Bonchev–Trinajstić information content (AvgIpc) is 2.76. The summed E-state index contributed by atoms with van der Waals surface area (Å²) in [6, 6.07) is 15.8. The second-order valence-corrected chi connectivity index (χ2v) is 7.07. The number of rotatable bonds is 4. The fraction of sp³-hybridized carbons (Fsp3) is 0.316. The minimum atomic E-state index is -0.380. The van der Waals surface area contributed by atoms with Crippen LogP contribution in [0.25, 0.3) is 0 Å². The van der Waals surface area contributed by atoms with E-state index in [1.807, 2.05) is 48.5 Å². The first-order valence-electron chi connectivity index (χ1n) is 8.14. The molecule has 124 valence electrons. The highest BCUT2D eigenvalue weighted by Gasteiger charge is 2.51. The highest BCUT2D eigenvalue weighted by Crippen LogP contribution is 2.36. The maximum absolute atomic E-state index is 7.51. The molecular weight excluding hydrogens is 299 g/mol. The van der Waals surface area contributed by atoms with Crippen LogP contribution in [0.4, 0.5) is 11.4 Å². The maximum atomic E-state index is 7.51. The van der Waals surface area contributed by atoms with Gasteiger partial charge in [-0.3, -0.25) is 0 Å². The van der Waals surface area contributed by atoms with Gasteiger partial charge in [0.2, 0.25) is 0 Å². The Kier molecular flexibility index (Phi) is 4.24. The molecule has 0 amide bonds. The van der Waals surface area contributed by atoms with Gasteiger partial charge in [0.05, 0.1) is 11.2 Å². The van der Waals surface area contributed by atoms with Gasteiger partial charge in [-0.1, -0.05) is 30.3 Å². The second-order valence-electron chi connectivity index (χ2n) is 7.07. The van der Waals surface area contributed by atoms with E-state index >= 15 is 0 Å². The van der Waals surface area contributed by atoms with Crippen LogP contribution in [0.1, 0.15) is 33.3 Å². The number of benzene rings is 2. The van der Waals surface area contributed by atoms with E-state index in [4.69, 9.17) is 14.7 Å². The van der Waals surface area contributed by atoms with Crippen LogP contribution in [0.2, 0.25) is 0 Å². The summed E-state index contributed by atoms with van der Waals surface area (Å²) in [6.45, 7) is 8.20. The van der Waals surface area contributed by atoms with E-state index in [0.717, 1.165) is 22.4 Å². The van der Waals surface area contributed by atoms with Gasteiger partial charge >= 0.3 is 7.12 Å². The van der Waals surface area contributed by atoms with Crippen LogP contribution in [0.3, 0.4) is 0 Å². The van der Waals surface area contributed by atoms with Crippen LogP contribution in [0.15, 0.2) is 48.5 Å². The molecule has 0 saturated carbocycles. The minimum absolute atomic E-state index is 0.353. The highest BCUT2D eigenvalue weighted by atomic mass is 16.7. The summed E-state index contributed by atoms with van der Waals surface area (Å²) >= 11 is 0. The molecule has 0 radical (unpaired) electrons. The van der Waals surface area contributed by atoms with Crippen molar-refractivity contribution in [2.24, 2.45) is 0 Å². The largest absolute Gasteiger partial charge is 0.494 e. The molecule has 4 nitrogen and oxygen atoms in total. The molecule has 5 heteroatoms. The molecule has 3 rings (SSSR count). The van der Waals surface area contributed by atoms with Crippen LogP contribution in [-0.4, -0.2) is 24.5 Å². The van der Waals surface area contributed by atoms with Crippen LogP contribution in [0, 0.1) is 5.41 Å². The predicted molar refractivity (Wildman–Crippen MR) is 99.8 cm³/mol. The fourth-order valence-electron chi connectivity index (χ4n) is 2.63. The highest BCUT2D eigenvalue weighted by molar-refractivity contribution is 6.62. The summed E-state index contributed by atoms with van der Waals surface area (Å²) in [5.74, 6) is 0. The Morgan fingerprint density at radius 1 is 0.958 bits per heavy atom. The van der Waals surface area contributed by atoms with Crippen molar-refractivity contribution in [3.05, 3.63) is 54.1 Å². The van der Waals surface area contributed by atoms with Gasteiger partial charge in [0.25, 0.3) is 0 Å². The number of hydrogen-bond acceptors (Lipinski definition) is 4. The third kappa shape index (κ3) is 3.10. The summed E-state index contributed by atoms with van der Waals surface area (Å²) in [5, 5.41) is 10.9. The predicted octanol–water partition coefficient (Wildman–Crippen LogP) is 3.73. The Balaban J connectivity index is 1.84. The third-order valence-electron chi connectivity index (χ3n) is 4.81. The molecule has 0 unspecified atom stereocenters. The molecule has 0 aliphatic carbocycles. The van der Waals surface area contributed by atoms with Crippen molar-refractivity contribution in [1.82, 2.24) is 0 Å². The van der Waals surface area contributed by atoms with E-state index in [2.05, 4.69) is 33.0 Å². The molecule has 1 fully saturated rings. The van der Waals surface area contributed by atoms with Gasteiger partial charge in [0.15, 0.2) is 0 Å². The molecule has 0 bridgehead atoms. The lowest BCUT2D eigenvalue weighted by Crippen LogP contribution is -2.41. The molecule has 2 aromatic carbocycles. The van der Waals surface area contributed by atoms with Crippen molar-refractivity contribution in [3.63, 3.8) is 0 Å². The fourth-order valence-corrected chi connectivity index (χ4v) is 2.63. The molecule has 1 aliphatic heterocycles. The number of hydrogen-bond donors (Lipinski definition) is 2. The zero-order chi connectivity index (χ0) is 17.4. The normalized spacial score (nSPS) is 18.4. The molecule has 2 aromatic rings. The SMILES string of the molecule is CC1(C)OB(c2cccc(Nc3ccccc3C=N)c2)OC1(C)C. The summed E-state index contributed by atoms with van der Waals surface area (Å²) < 4.78 is 12.2. The van der Waals surface area contributed by atoms with Crippen LogP contribution in [0.5, 0.6) is 0 Å². The zero-order valence-electron chi connectivity index (χ0n) is 14.6. The molecule has 0 aromatic heterocycles. The monoisotopic (exact) mass is 322 g/mol. The zero-order valence-corrected chi connectivity index (χ0v) is 14.6. The molecule has 1 saturated heterocycles. The topological polar surface area (TPSA) is 54.3 Å². The van der Waals surface area contributed by atoms with Gasteiger partial charge < -0.3 is 20.0 Å². The first-order chi connectivity index (χ1) is 11.3. The second kappa shape index (κ2) is 6.08. The summed E-state index contributed by atoms with van der Waals surface area (Å²) in [7, 11) is -0.380. The van der Waals surface area contributed by atoms with Gasteiger partial charge in [0, 0.05) is 23.2 Å². The van der Waals surface area contributed by atoms with Crippen molar-refractivity contribution in [3.8, 4) is 0 Å². The van der Waals surface area contributed by atoms with Crippen molar-refractivity contribution >= 4 is 30.2 Å². The van der Waals surface area contributed by atoms with Crippen molar-refractivity contribution in [2.75, 3.05) is 5.32 Å². The van der Waals surface area contributed by atoms with E-state index in [1.165, 1.54) is 6.21 Å². The smallest absolute Gasteiger partial charge is 0.399 e. The van der Waals surface area contributed by atoms with Gasteiger partial charge in [-0.05, 0) is 51.4 Å². The van der Waals surface area contributed by atoms with Crippen molar-refractivity contribution < 1.29 is 9.31 Å². The quantitative estimate of drug-likeness (QED) is 0.666. The molecule has 1 heterocycles. The van der Waals surface area contributed by atoms with Gasteiger partial charge in [0.1, 0.15) is 0 Å². The lowest BCUT2D eigenvalue weighted by atomic mass is 9.79. The number of anilines is 2. The lowest BCUT2D eigenvalue weighted by molar-refractivity contribution is 0.00578. The molecule has 0 spiro atoms. The van der Waals surface area contributed by atoms with E-state index in [-0.39, 0.29) is 18.3 Å². The van der Waals surface area contributed by atoms with Crippen LogP contribution < -0.4 is 10.8 Å².